The first-order valence-electron chi connectivity index (χ1n) is 5.85. The van der Waals surface area contributed by atoms with E-state index in [1.165, 1.54) is 0 Å². The number of benzene rings is 1. The first kappa shape index (κ1) is 13.4. The zero-order valence-electron chi connectivity index (χ0n) is 10.9. The highest BCUT2D eigenvalue weighted by Crippen LogP contribution is 2.16. The second kappa shape index (κ2) is 6.19. The van der Waals surface area contributed by atoms with E-state index in [4.69, 9.17) is 17.0 Å². The first-order valence-corrected chi connectivity index (χ1v) is 6.25. The normalized spacial score (nSPS) is 10.0. The van der Waals surface area contributed by atoms with Crippen LogP contribution in [0.25, 0.3) is 0 Å². The number of nitrogens with zero attached hydrogens (tertiary/aromatic N) is 2. The Bertz CT molecular complexity index is 567. The van der Waals surface area contributed by atoms with E-state index in [-0.39, 0.29) is 0 Å². The van der Waals surface area contributed by atoms with Crippen LogP contribution in [0.5, 0.6) is 5.75 Å². The molecule has 1 aromatic carbocycles. The third-order valence-corrected chi connectivity index (χ3v) is 2.77. The molecule has 19 heavy (non-hydrogen) atoms. The Kier molecular flexibility index (Phi) is 4.35. The monoisotopic (exact) mass is 276 g/mol. The zero-order chi connectivity index (χ0) is 13.7. The molecule has 5 nitrogen and oxygen atoms in total. The Labute approximate surface area is 117 Å². The van der Waals surface area contributed by atoms with Crippen LogP contribution in [0.4, 0.5) is 5.69 Å². The Morgan fingerprint density at radius 2 is 2.26 bits per heavy atom. The Hall–Kier alpha value is -2.08. The molecule has 0 aliphatic rings. The largest absolute Gasteiger partial charge is 0.497 e. The summed E-state index contributed by atoms with van der Waals surface area (Å²) in [4.78, 5) is 0. The fraction of sp³-hybridized carbons (Fsp3) is 0.231. The third kappa shape index (κ3) is 3.96. The summed E-state index contributed by atoms with van der Waals surface area (Å²) in [6.07, 6.45) is 1.90. The van der Waals surface area contributed by atoms with Gasteiger partial charge in [-0.1, -0.05) is 6.07 Å². The highest BCUT2D eigenvalue weighted by molar-refractivity contribution is 7.80. The van der Waals surface area contributed by atoms with Gasteiger partial charge in [-0.3, -0.25) is 4.68 Å². The average Bonchev–Trinajstić information content (AvgIpc) is 2.82. The van der Waals surface area contributed by atoms with E-state index in [0.29, 0.717) is 11.7 Å². The molecular weight excluding hydrogens is 260 g/mol. The van der Waals surface area contributed by atoms with Gasteiger partial charge in [-0.25, -0.2) is 0 Å². The minimum atomic E-state index is 0.555. The molecule has 100 valence electrons. The lowest BCUT2D eigenvalue weighted by atomic mass is 10.3. The van der Waals surface area contributed by atoms with Crippen molar-refractivity contribution in [3.63, 3.8) is 0 Å². The number of aryl methyl sites for hydroxylation is 1. The van der Waals surface area contributed by atoms with E-state index in [1.54, 1.807) is 11.8 Å². The number of rotatable bonds is 4. The van der Waals surface area contributed by atoms with Gasteiger partial charge in [-0.05, 0) is 30.4 Å². The van der Waals surface area contributed by atoms with E-state index < -0.39 is 0 Å². The van der Waals surface area contributed by atoms with E-state index in [2.05, 4.69) is 15.7 Å². The number of anilines is 1. The van der Waals surface area contributed by atoms with Crippen molar-refractivity contribution in [3.05, 3.63) is 42.2 Å². The van der Waals surface area contributed by atoms with Crippen LogP contribution in [0.3, 0.4) is 0 Å². The maximum Gasteiger partial charge on any atom is 0.171 e. The molecule has 0 atom stereocenters. The van der Waals surface area contributed by atoms with Crippen LogP contribution in [0.2, 0.25) is 0 Å². The molecule has 1 aromatic heterocycles. The van der Waals surface area contributed by atoms with Crippen molar-refractivity contribution in [1.29, 1.82) is 0 Å². The minimum absolute atomic E-state index is 0.555. The summed E-state index contributed by atoms with van der Waals surface area (Å²) in [7, 11) is 3.52. The van der Waals surface area contributed by atoms with Gasteiger partial charge in [0.1, 0.15) is 5.75 Å². The average molecular weight is 276 g/mol. The Morgan fingerprint density at radius 1 is 1.42 bits per heavy atom. The lowest BCUT2D eigenvalue weighted by Crippen LogP contribution is -2.28. The lowest BCUT2D eigenvalue weighted by molar-refractivity contribution is 0.415. The van der Waals surface area contributed by atoms with Crippen LogP contribution < -0.4 is 15.4 Å². The van der Waals surface area contributed by atoms with Gasteiger partial charge in [0.05, 0.1) is 19.3 Å². The smallest absolute Gasteiger partial charge is 0.171 e. The van der Waals surface area contributed by atoms with Crippen LogP contribution >= 0.6 is 12.2 Å². The molecule has 0 unspecified atom stereocenters. The fourth-order valence-electron chi connectivity index (χ4n) is 1.60. The standard InChI is InChI=1S/C13H16N4OS/c1-17-7-6-11(16-17)9-14-13(19)15-10-4-3-5-12(8-10)18-2/h3-8H,9H2,1-2H3,(H2,14,15,19). The molecule has 0 fully saturated rings. The van der Waals surface area contributed by atoms with Crippen LogP contribution in [0.15, 0.2) is 36.5 Å². The fourth-order valence-corrected chi connectivity index (χ4v) is 1.79. The van der Waals surface area contributed by atoms with Gasteiger partial charge < -0.3 is 15.4 Å². The molecule has 0 aliphatic heterocycles. The molecule has 0 saturated carbocycles. The van der Waals surface area contributed by atoms with E-state index in [1.807, 2.05) is 43.6 Å². The lowest BCUT2D eigenvalue weighted by Gasteiger charge is -2.10. The molecule has 2 aromatic rings. The Balaban J connectivity index is 1.86. The number of methoxy groups -OCH3 is 1. The van der Waals surface area contributed by atoms with Gasteiger partial charge in [0.2, 0.25) is 0 Å². The summed E-state index contributed by atoms with van der Waals surface area (Å²) >= 11 is 5.22. The van der Waals surface area contributed by atoms with Crippen LogP contribution in [-0.4, -0.2) is 22.0 Å². The summed E-state index contributed by atoms with van der Waals surface area (Å²) < 4.78 is 6.91. The third-order valence-electron chi connectivity index (χ3n) is 2.53. The molecule has 0 aliphatic carbocycles. The molecular formula is C13H16N4OS. The molecule has 0 bridgehead atoms. The number of aromatic nitrogens is 2. The summed E-state index contributed by atoms with van der Waals surface area (Å²) in [6.45, 7) is 0.594. The van der Waals surface area contributed by atoms with Gasteiger partial charge in [-0.2, -0.15) is 5.10 Å². The predicted molar refractivity (Wildman–Crippen MR) is 79.3 cm³/mol. The van der Waals surface area contributed by atoms with Crippen molar-refractivity contribution in [2.45, 2.75) is 6.54 Å². The number of hydrogen-bond acceptors (Lipinski definition) is 3. The van der Waals surface area contributed by atoms with Crippen molar-refractivity contribution >= 4 is 23.0 Å². The van der Waals surface area contributed by atoms with Gasteiger partial charge in [-0.15, -0.1) is 0 Å². The minimum Gasteiger partial charge on any atom is -0.497 e. The van der Waals surface area contributed by atoms with Crippen molar-refractivity contribution < 1.29 is 4.74 Å². The topological polar surface area (TPSA) is 51.1 Å². The van der Waals surface area contributed by atoms with E-state index in [0.717, 1.165) is 17.1 Å². The molecule has 2 N–H and O–H groups in total. The number of hydrogen-bond donors (Lipinski definition) is 2. The van der Waals surface area contributed by atoms with E-state index >= 15 is 0 Å². The van der Waals surface area contributed by atoms with Crippen molar-refractivity contribution in [3.8, 4) is 5.75 Å². The quantitative estimate of drug-likeness (QED) is 0.836. The van der Waals surface area contributed by atoms with E-state index in [9.17, 15) is 0 Å². The molecule has 6 heteroatoms. The maximum atomic E-state index is 5.22. The first-order chi connectivity index (χ1) is 9.17. The molecule has 1 heterocycles. The summed E-state index contributed by atoms with van der Waals surface area (Å²) in [6, 6.07) is 9.55. The van der Waals surface area contributed by atoms with Crippen LogP contribution in [0, 0.1) is 0 Å². The molecule has 0 saturated heterocycles. The highest BCUT2D eigenvalue weighted by atomic mass is 32.1. The van der Waals surface area contributed by atoms with Gasteiger partial charge >= 0.3 is 0 Å². The van der Waals surface area contributed by atoms with Crippen LogP contribution in [0.1, 0.15) is 5.69 Å². The van der Waals surface area contributed by atoms with Gasteiger partial charge in [0.15, 0.2) is 5.11 Å². The predicted octanol–water partition coefficient (Wildman–Crippen LogP) is 1.92. The maximum absolute atomic E-state index is 5.22. The number of nitrogens with one attached hydrogen (secondary N) is 2. The highest BCUT2D eigenvalue weighted by Gasteiger charge is 2.01. The van der Waals surface area contributed by atoms with Gasteiger partial charge in [0.25, 0.3) is 0 Å². The SMILES string of the molecule is COc1cccc(NC(=S)NCc2ccn(C)n2)c1. The summed E-state index contributed by atoms with van der Waals surface area (Å²) in [5.41, 5.74) is 1.83. The van der Waals surface area contributed by atoms with Crippen molar-refractivity contribution in [2.75, 3.05) is 12.4 Å². The second-order valence-electron chi connectivity index (χ2n) is 4.02. The summed E-state index contributed by atoms with van der Waals surface area (Å²) in [5.74, 6) is 0.789. The molecule has 0 amide bonds. The molecule has 0 spiro atoms. The molecule has 2 rings (SSSR count). The van der Waals surface area contributed by atoms with Crippen molar-refractivity contribution in [1.82, 2.24) is 15.1 Å². The Morgan fingerprint density at radius 3 is 2.95 bits per heavy atom. The second-order valence-corrected chi connectivity index (χ2v) is 4.43. The summed E-state index contributed by atoms with van der Waals surface area (Å²) in [5, 5.41) is 11.0. The van der Waals surface area contributed by atoms with Crippen LogP contribution in [-0.2, 0) is 13.6 Å². The van der Waals surface area contributed by atoms with Crippen molar-refractivity contribution in [2.24, 2.45) is 7.05 Å². The zero-order valence-corrected chi connectivity index (χ0v) is 11.7. The number of thiocarbonyl (C=S) groups is 1. The number of ether oxygens (including phenoxy) is 1. The van der Waals surface area contributed by atoms with Gasteiger partial charge in [0, 0.05) is 25.0 Å². The molecule has 0 radical (unpaired) electrons.